The van der Waals surface area contributed by atoms with E-state index in [1.165, 1.54) is 35.6 Å². The number of carbonyl (C=O) groups excluding carboxylic acids is 1. The van der Waals surface area contributed by atoms with E-state index in [1.54, 1.807) is 19.2 Å². The van der Waals surface area contributed by atoms with Crippen LogP contribution < -0.4 is 20.5 Å². The van der Waals surface area contributed by atoms with Crippen molar-refractivity contribution in [2.45, 2.75) is 6.54 Å². The first-order valence-electron chi connectivity index (χ1n) is 9.78. The summed E-state index contributed by atoms with van der Waals surface area (Å²) >= 11 is 4.85. The number of thiophene rings is 1. The Balaban J connectivity index is 1.47. The minimum atomic E-state index is -0.451. The van der Waals surface area contributed by atoms with Crippen molar-refractivity contribution >= 4 is 49.6 Å². The summed E-state index contributed by atoms with van der Waals surface area (Å²) in [5, 5.41) is 4.45. The highest BCUT2D eigenvalue weighted by atomic mass is 79.9. The SMILES string of the molecule is COc1cc(/C=N\NC(=O)Cn2cnc3sc(-c4ccccc4)cc3c2=O)cc(Br)c1OC. The van der Waals surface area contributed by atoms with Crippen LogP contribution in [-0.2, 0) is 11.3 Å². The van der Waals surface area contributed by atoms with Gasteiger partial charge in [-0.1, -0.05) is 30.3 Å². The van der Waals surface area contributed by atoms with E-state index in [0.717, 1.165) is 10.4 Å². The molecule has 0 aliphatic carbocycles. The van der Waals surface area contributed by atoms with Crippen molar-refractivity contribution in [1.82, 2.24) is 15.0 Å². The molecule has 0 fully saturated rings. The quantitative estimate of drug-likeness (QED) is 0.289. The average molecular weight is 527 g/mol. The number of nitrogens with zero attached hydrogens (tertiary/aromatic N) is 3. The molecule has 4 aromatic rings. The number of halogens is 1. The number of benzene rings is 2. The van der Waals surface area contributed by atoms with Gasteiger partial charge in [0.15, 0.2) is 11.5 Å². The van der Waals surface area contributed by atoms with E-state index < -0.39 is 5.91 Å². The highest BCUT2D eigenvalue weighted by molar-refractivity contribution is 9.10. The fourth-order valence-corrected chi connectivity index (χ4v) is 4.82. The third kappa shape index (κ3) is 4.96. The fraction of sp³-hybridized carbons (Fsp3) is 0.130. The van der Waals surface area contributed by atoms with Gasteiger partial charge in [-0.05, 0) is 45.3 Å². The molecule has 0 bridgehead atoms. The maximum absolute atomic E-state index is 12.9. The molecule has 0 saturated carbocycles. The number of amides is 1. The number of aromatic nitrogens is 2. The second kappa shape index (κ2) is 9.97. The van der Waals surface area contributed by atoms with Crippen molar-refractivity contribution in [2.75, 3.05) is 14.2 Å². The molecule has 2 aromatic heterocycles. The van der Waals surface area contributed by atoms with Crippen LogP contribution in [0, 0.1) is 0 Å². The maximum Gasteiger partial charge on any atom is 0.262 e. The van der Waals surface area contributed by atoms with Crippen molar-refractivity contribution in [3.05, 3.63) is 75.2 Å². The van der Waals surface area contributed by atoms with Crippen LogP contribution in [-0.4, -0.2) is 35.9 Å². The molecule has 2 heterocycles. The largest absolute Gasteiger partial charge is 0.493 e. The van der Waals surface area contributed by atoms with Gasteiger partial charge in [-0.15, -0.1) is 11.3 Å². The van der Waals surface area contributed by atoms with Crippen molar-refractivity contribution in [1.29, 1.82) is 0 Å². The lowest BCUT2D eigenvalue weighted by Gasteiger charge is -2.10. The molecule has 4 rings (SSSR count). The molecule has 0 unspecified atom stereocenters. The van der Waals surface area contributed by atoms with Gasteiger partial charge in [-0.2, -0.15) is 5.10 Å². The average Bonchev–Trinajstić information content (AvgIpc) is 3.26. The predicted molar refractivity (Wildman–Crippen MR) is 132 cm³/mol. The Bertz CT molecular complexity index is 1400. The minimum Gasteiger partial charge on any atom is -0.493 e. The summed E-state index contributed by atoms with van der Waals surface area (Å²) in [6.07, 6.45) is 2.85. The van der Waals surface area contributed by atoms with E-state index in [1.807, 2.05) is 36.4 Å². The summed E-state index contributed by atoms with van der Waals surface area (Å²) in [5.41, 5.74) is 3.85. The second-order valence-electron chi connectivity index (χ2n) is 6.90. The smallest absolute Gasteiger partial charge is 0.262 e. The first kappa shape index (κ1) is 22.7. The molecule has 0 atom stereocenters. The molecule has 0 aliphatic rings. The Morgan fingerprint density at radius 2 is 2.00 bits per heavy atom. The molecular weight excluding hydrogens is 508 g/mol. The van der Waals surface area contributed by atoms with Crippen molar-refractivity contribution in [3.8, 4) is 21.9 Å². The Kier molecular flexibility index (Phi) is 6.85. The number of methoxy groups -OCH3 is 2. The van der Waals surface area contributed by atoms with Gasteiger partial charge in [0.2, 0.25) is 0 Å². The number of fused-ring (bicyclic) bond motifs is 1. The molecule has 33 heavy (non-hydrogen) atoms. The predicted octanol–water partition coefficient (Wildman–Crippen LogP) is 4.06. The summed E-state index contributed by atoms with van der Waals surface area (Å²) in [5.74, 6) is 0.633. The molecule has 1 amide bonds. The van der Waals surface area contributed by atoms with E-state index in [4.69, 9.17) is 9.47 Å². The zero-order valence-corrected chi connectivity index (χ0v) is 20.1. The lowest BCUT2D eigenvalue weighted by Crippen LogP contribution is -2.29. The lowest BCUT2D eigenvalue weighted by molar-refractivity contribution is -0.121. The summed E-state index contributed by atoms with van der Waals surface area (Å²) in [4.78, 5) is 31.1. The number of hydrogen-bond donors (Lipinski definition) is 1. The van der Waals surface area contributed by atoms with Crippen LogP contribution in [0.15, 0.2) is 69.2 Å². The van der Waals surface area contributed by atoms with Gasteiger partial charge in [-0.3, -0.25) is 14.2 Å². The van der Waals surface area contributed by atoms with Crippen molar-refractivity contribution < 1.29 is 14.3 Å². The molecule has 0 spiro atoms. The number of nitrogens with one attached hydrogen (secondary N) is 1. The Morgan fingerprint density at radius 3 is 2.73 bits per heavy atom. The van der Waals surface area contributed by atoms with E-state index >= 15 is 0 Å². The summed E-state index contributed by atoms with van der Waals surface area (Å²) < 4.78 is 12.5. The van der Waals surface area contributed by atoms with E-state index in [2.05, 4.69) is 31.4 Å². The zero-order chi connectivity index (χ0) is 23.4. The highest BCUT2D eigenvalue weighted by Gasteiger charge is 2.13. The molecule has 168 valence electrons. The number of hydrogen-bond acceptors (Lipinski definition) is 7. The third-order valence-corrected chi connectivity index (χ3v) is 6.43. The van der Waals surface area contributed by atoms with E-state index in [-0.39, 0.29) is 12.1 Å². The molecule has 1 N–H and O–H groups in total. The monoisotopic (exact) mass is 526 g/mol. The van der Waals surface area contributed by atoms with Gasteiger partial charge in [0.25, 0.3) is 11.5 Å². The molecular formula is C23H19BrN4O4S. The Hall–Kier alpha value is -3.50. The first-order chi connectivity index (χ1) is 16.0. The van der Waals surface area contributed by atoms with Crippen LogP contribution in [0.4, 0.5) is 0 Å². The van der Waals surface area contributed by atoms with Gasteiger partial charge in [-0.25, -0.2) is 10.4 Å². The fourth-order valence-electron chi connectivity index (χ4n) is 3.20. The van der Waals surface area contributed by atoms with Gasteiger partial charge < -0.3 is 9.47 Å². The summed E-state index contributed by atoms with van der Waals surface area (Å²) in [6, 6.07) is 15.1. The summed E-state index contributed by atoms with van der Waals surface area (Å²) in [7, 11) is 3.08. The molecule has 10 heteroatoms. The van der Waals surface area contributed by atoms with Crippen LogP contribution >= 0.6 is 27.3 Å². The lowest BCUT2D eigenvalue weighted by atomic mass is 10.2. The van der Waals surface area contributed by atoms with Crippen LogP contribution in [0.5, 0.6) is 11.5 Å². The number of carbonyl (C=O) groups is 1. The van der Waals surface area contributed by atoms with Crippen molar-refractivity contribution in [2.24, 2.45) is 5.10 Å². The normalized spacial score (nSPS) is 11.1. The molecule has 8 nitrogen and oxygen atoms in total. The van der Waals surface area contributed by atoms with Gasteiger partial charge in [0.05, 0.1) is 36.6 Å². The number of rotatable bonds is 7. The summed E-state index contributed by atoms with van der Waals surface area (Å²) in [6.45, 7) is -0.203. The van der Waals surface area contributed by atoms with Gasteiger partial charge in [0, 0.05) is 4.88 Å². The Morgan fingerprint density at radius 1 is 1.21 bits per heavy atom. The third-order valence-electron chi connectivity index (χ3n) is 4.75. The standard InChI is InChI=1S/C23H19BrN4O4S/c1-31-18-9-14(8-17(24)21(18)32-2)11-26-27-20(29)12-28-13-25-22-16(23(28)30)10-19(33-22)15-6-4-3-5-7-15/h3-11,13H,12H2,1-2H3,(H,27,29)/b26-11-. The topological polar surface area (TPSA) is 94.8 Å². The second-order valence-corrected chi connectivity index (χ2v) is 8.79. The Labute approximate surface area is 201 Å². The van der Waals surface area contributed by atoms with Crippen LogP contribution in [0.3, 0.4) is 0 Å². The van der Waals surface area contributed by atoms with Crippen molar-refractivity contribution in [3.63, 3.8) is 0 Å². The molecule has 2 aromatic carbocycles. The maximum atomic E-state index is 12.9. The van der Waals surface area contributed by atoms with E-state index in [9.17, 15) is 9.59 Å². The molecule has 0 saturated heterocycles. The van der Waals surface area contributed by atoms with E-state index in [0.29, 0.717) is 31.8 Å². The number of hydrazone groups is 1. The van der Waals surface area contributed by atoms with Crippen LogP contribution in [0.25, 0.3) is 20.7 Å². The van der Waals surface area contributed by atoms with Gasteiger partial charge >= 0.3 is 0 Å². The highest BCUT2D eigenvalue weighted by Crippen LogP contribution is 2.35. The zero-order valence-electron chi connectivity index (χ0n) is 17.7. The first-order valence-corrected chi connectivity index (χ1v) is 11.4. The number of ether oxygens (including phenoxy) is 2. The van der Waals surface area contributed by atoms with Crippen LogP contribution in [0.1, 0.15) is 5.56 Å². The molecule has 0 aliphatic heterocycles. The van der Waals surface area contributed by atoms with Gasteiger partial charge in [0.1, 0.15) is 11.4 Å². The minimum absolute atomic E-state index is 0.203. The van der Waals surface area contributed by atoms with Crippen LogP contribution in [0.2, 0.25) is 0 Å². The molecule has 0 radical (unpaired) electrons.